The summed E-state index contributed by atoms with van der Waals surface area (Å²) < 4.78 is 42.8. The summed E-state index contributed by atoms with van der Waals surface area (Å²) in [5, 5.41) is 19.9. The van der Waals surface area contributed by atoms with E-state index in [-0.39, 0.29) is 22.1 Å². The average molecular weight is 701 g/mol. The Morgan fingerprint density at radius 1 is 0.900 bits per heavy atom. The van der Waals surface area contributed by atoms with E-state index in [2.05, 4.69) is 124 Å². The molecule has 0 saturated heterocycles. The van der Waals surface area contributed by atoms with E-state index in [4.69, 9.17) is 23.4 Å². The molecule has 3 aromatic rings. The number of phenols is 1. The summed E-state index contributed by atoms with van der Waals surface area (Å²) in [6.45, 7) is 9.02. The van der Waals surface area contributed by atoms with Crippen LogP contribution < -0.4 is 28.3 Å². The topological polar surface area (TPSA) is 165 Å². The van der Waals surface area contributed by atoms with E-state index in [9.17, 15) is 15.0 Å². The maximum absolute atomic E-state index is 11.5. The highest BCUT2D eigenvalue weighted by atomic mass is 35.7. The average Bonchev–Trinajstić information content (AvgIpc) is 3.36. The van der Waals surface area contributed by atoms with Crippen LogP contribution in [-0.4, -0.2) is 40.6 Å². The van der Waals surface area contributed by atoms with Gasteiger partial charge in [-0.2, -0.15) is 4.58 Å². The number of ether oxygens (including phenoxy) is 1. The molecule has 0 fully saturated rings. The first kappa shape index (κ1) is 36.6. The first-order valence-corrected chi connectivity index (χ1v) is 17.4. The number of rotatable bonds is 6. The number of anilines is 1. The maximum Gasteiger partial charge on any atom is 0.339 e. The minimum absolute atomic E-state index is 0.158. The van der Waals surface area contributed by atoms with E-state index in [1.807, 2.05) is 0 Å². The zero-order valence-electron chi connectivity index (χ0n) is 28.9. The Kier molecular flexibility index (Phi) is 10.2. The molecular formula is C39H41ClN2O8. The number of nitrogens with zero attached hydrogens (tertiary/aromatic N) is 2. The maximum atomic E-state index is 11.5. The van der Waals surface area contributed by atoms with Crippen molar-refractivity contribution >= 4 is 23.1 Å². The minimum atomic E-state index is -4.94. The number of allylic oxidation sites excluding steroid dienone is 7. The molecule has 0 radical (unpaired) electrons. The number of hydrogen-bond acceptors (Lipinski definition) is 8. The van der Waals surface area contributed by atoms with Gasteiger partial charge in [-0.05, 0) is 80.2 Å². The van der Waals surface area contributed by atoms with Crippen LogP contribution in [0, 0.1) is 10.2 Å². The molecule has 0 unspecified atom stereocenters. The Bertz CT molecular complexity index is 1980. The lowest BCUT2D eigenvalue weighted by Gasteiger charge is -2.25. The van der Waals surface area contributed by atoms with E-state index in [1.165, 1.54) is 46.0 Å². The highest BCUT2D eigenvalue weighted by Gasteiger charge is 2.42. The van der Waals surface area contributed by atoms with Gasteiger partial charge in [-0.3, -0.25) is 0 Å². The van der Waals surface area contributed by atoms with Gasteiger partial charge in [-0.15, -0.1) is 10.2 Å². The van der Waals surface area contributed by atoms with Crippen molar-refractivity contribution in [1.82, 2.24) is 0 Å². The Balaban J connectivity index is 0.000000908. The zero-order chi connectivity index (χ0) is 36.6. The monoisotopic (exact) mass is 700 g/mol. The summed E-state index contributed by atoms with van der Waals surface area (Å²) in [6.07, 6.45) is 11.4. The molecule has 262 valence electrons. The lowest BCUT2D eigenvalue weighted by atomic mass is 9.81. The fourth-order valence-electron chi connectivity index (χ4n) is 7.19. The summed E-state index contributed by atoms with van der Waals surface area (Å²) in [4.78, 5) is 13.8. The number of carboxylic acid groups (broad SMARTS) is 1. The highest BCUT2D eigenvalue weighted by Crippen LogP contribution is 2.47. The van der Waals surface area contributed by atoms with Gasteiger partial charge in [-0.1, -0.05) is 56.3 Å². The number of carboxylic acids is 1. The van der Waals surface area contributed by atoms with Gasteiger partial charge in [0, 0.05) is 47.6 Å². The molecule has 0 saturated carbocycles. The lowest BCUT2D eigenvalue weighted by Crippen LogP contribution is -2.68. The molecule has 3 aliphatic rings. The fourth-order valence-corrected chi connectivity index (χ4v) is 7.19. The summed E-state index contributed by atoms with van der Waals surface area (Å²) in [5.74, 6) is -0.374. The van der Waals surface area contributed by atoms with Crippen molar-refractivity contribution < 1.29 is 53.2 Å². The number of benzene rings is 3. The predicted octanol–water partition coefficient (Wildman–Crippen LogP) is 3.65. The second-order valence-corrected chi connectivity index (χ2v) is 14.3. The van der Waals surface area contributed by atoms with Gasteiger partial charge in [-0.25, -0.2) is 23.4 Å². The van der Waals surface area contributed by atoms with E-state index in [0.717, 1.165) is 36.2 Å². The summed E-state index contributed by atoms with van der Waals surface area (Å²) in [5.41, 5.74) is 9.05. The van der Waals surface area contributed by atoms with Crippen molar-refractivity contribution in [2.75, 3.05) is 19.0 Å². The van der Waals surface area contributed by atoms with Gasteiger partial charge in [0.05, 0.1) is 5.41 Å². The molecule has 0 amide bonds. The normalized spacial score (nSPS) is 19.5. The van der Waals surface area contributed by atoms with Gasteiger partial charge in [0.25, 0.3) is 0 Å². The van der Waals surface area contributed by atoms with Crippen LogP contribution in [0.2, 0.25) is 0 Å². The quantitative estimate of drug-likeness (QED) is 0.365. The van der Waals surface area contributed by atoms with Crippen LogP contribution in [0.5, 0.6) is 11.5 Å². The van der Waals surface area contributed by atoms with Crippen molar-refractivity contribution in [3.05, 3.63) is 130 Å². The third kappa shape index (κ3) is 7.40. The van der Waals surface area contributed by atoms with E-state index in [0.29, 0.717) is 5.75 Å². The largest absolute Gasteiger partial charge is 0.507 e. The predicted molar refractivity (Wildman–Crippen MR) is 180 cm³/mol. The standard InChI is InChI=1S/C39H40N2O4.ClHO4/c1-38(2)29-14-7-9-16-31(29)40(5)34(38)22-18-25-12-11-13-26(36(25)45-27-20-21-28(37(43)44)33(42)24-27)19-23-35-39(3,4)30-15-8-10-17-32(30)41(35)6;2-1(3,4)5/h7-10,14-24H,11-13H2,1-6H3,(H-,42,43,44);(H,2,3,4,5). The molecule has 2 heterocycles. The van der Waals surface area contributed by atoms with Crippen LogP contribution >= 0.6 is 0 Å². The molecule has 0 bridgehead atoms. The van der Waals surface area contributed by atoms with Crippen molar-refractivity contribution in [3.63, 3.8) is 0 Å². The van der Waals surface area contributed by atoms with Crippen molar-refractivity contribution in [1.29, 1.82) is 0 Å². The van der Waals surface area contributed by atoms with Crippen molar-refractivity contribution in [3.8, 4) is 11.5 Å². The van der Waals surface area contributed by atoms with Crippen molar-refractivity contribution in [2.24, 2.45) is 0 Å². The molecule has 0 aromatic heterocycles. The van der Waals surface area contributed by atoms with Crippen LogP contribution in [0.15, 0.2) is 114 Å². The summed E-state index contributed by atoms with van der Waals surface area (Å²) in [6, 6.07) is 21.4. The third-order valence-electron chi connectivity index (χ3n) is 9.66. The molecule has 50 heavy (non-hydrogen) atoms. The van der Waals surface area contributed by atoms with E-state index >= 15 is 0 Å². The van der Waals surface area contributed by atoms with Crippen molar-refractivity contribution in [2.45, 2.75) is 57.8 Å². The van der Waals surface area contributed by atoms with Gasteiger partial charge >= 0.3 is 5.97 Å². The number of aromatic carboxylic acids is 1. The molecule has 2 aliphatic heterocycles. The third-order valence-corrected chi connectivity index (χ3v) is 9.66. The first-order chi connectivity index (χ1) is 23.4. The van der Waals surface area contributed by atoms with Crippen LogP contribution in [0.4, 0.5) is 11.4 Å². The number of fused-ring (bicyclic) bond motifs is 2. The first-order valence-electron chi connectivity index (χ1n) is 16.1. The van der Waals surface area contributed by atoms with Gasteiger partial charge in [0.1, 0.15) is 29.9 Å². The van der Waals surface area contributed by atoms with Crippen LogP contribution in [0.1, 0.15) is 68.4 Å². The number of aromatic hydroxyl groups is 1. The molecular weight excluding hydrogens is 660 g/mol. The Morgan fingerprint density at radius 3 is 2.16 bits per heavy atom. The molecule has 0 atom stereocenters. The number of halogens is 1. The van der Waals surface area contributed by atoms with Crippen LogP contribution in [0.3, 0.4) is 0 Å². The second kappa shape index (κ2) is 13.9. The second-order valence-electron chi connectivity index (χ2n) is 13.5. The van der Waals surface area contributed by atoms with Gasteiger partial charge < -0.3 is 19.8 Å². The molecule has 2 N–H and O–H groups in total. The van der Waals surface area contributed by atoms with Crippen LogP contribution in [0.25, 0.3) is 0 Å². The zero-order valence-corrected chi connectivity index (χ0v) is 29.7. The van der Waals surface area contributed by atoms with E-state index < -0.39 is 16.2 Å². The number of hydrogen-bond donors (Lipinski definition) is 2. The molecule has 10 nitrogen and oxygen atoms in total. The number of carbonyl (C=O) groups is 1. The molecule has 3 aromatic carbocycles. The minimum Gasteiger partial charge on any atom is -0.507 e. The highest BCUT2D eigenvalue weighted by molar-refractivity contribution is 6.03. The Morgan fingerprint density at radius 2 is 1.54 bits per heavy atom. The van der Waals surface area contributed by atoms with E-state index in [1.54, 1.807) is 6.07 Å². The number of likely N-dealkylation sites (N-methyl/N-ethyl adjacent to an activating group) is 1. The number of para-hydroxylation sites is 2. The molecule has 1 aliphatic carbocycles. The van der Waals surface area contributed by atoms with Gasteiger partial charge in [0.15, 0.2) is 5.71 Å². The van der Waals surface area contributed by atoms with Crippen LogP contribution in [-0.2, 0) is 10.8 Å². The molecule has 11 heteroatoms. The Hall–Kier alpha value is -4.71. The Labute approximate surface area is 294 Å². The summed E-state index contributed by atoms with van der Waals surface area (Å²) >= 11 is 0. The summed E-state index contributed by atoms with van der Waals surface area (Å²) in [7, 11) is -0.718. The molecule has 0 spiro atoms. The molecule has 6 rings (SSSR count). The van der Waals surface area contributed by atoms with Gasteiger partial charge in [0.2, 0.25) is 5.69 Å². The lowest BCUT2D eigenvalue weighted by molar-refractivity contribution is -2.00. The smallest absolute Gasteiger partial charge is 0.339 e. The fraction of sp³-hybridized carbons (Fsp3) is 0.282. The SMILES string of the molecule is CN1/C(=C/C=C2\CCCC(/C=C/C3=[N+](C)c4ccccc4C3(C)C)=C2Oc2ccc(C(=O)O)c(O)c2)C(C)(C)c2ccccc21.[O-][Cl+3]([O-])([O-])[O-].